The number of amides is 2. The minimum absolute atomic E-state index is 0.0434. The van der Waals surface area contributed by atoms with Crippen LogP contribution in [0.2, 0.25) is 0 Å². The van der Waals surface area contributed by atoms with Gasteiger partial charge in [-0.05, 0) is 43.0 Å². The van der Waals surface area contributed by atoms with Gasteiger partial charge in [0.1, 0.15) is 11.9 Å². The van der Waals surface area contributed by atoms with Crippen molar-refractivity contribution in [1.29, 1.82) is 0 Å². The summed E-state index contributed by atoms with van der Waals surface area (Å²) in [5, 5.41) is 2.87. The second kappa shape index (κ2) is 9.81. The van der Waals surface area contributed by atoms with Crippen molar-refractivity contribution in [2.75, 3.05) is 25.5 Å². The molecule has 4 rings (SSSR count). The fourth-order valence-electron chi connectivity index (χ4n) is 3.74. The molecule has 2 fully saturated rings. The molecule has 0 bridgehead atoms. The average Bonchev–Trinajstić information content (AvgIpc) is 3.65. The van der Waals surface area contributed by atoms with Gasteiger partial charge in [-0.3, -0.25) is 9.59 Å². The zero-order chi connectivity index (χ0) is 21.6. The van der Waals surface area contributed by atoms with Crippen LogP contribution in [0.5, 0.6) is 11.6 Å². The van der Waals surface area contributed by atoms with Crippen molar-refractivity contribution < 1.29 is 19.1 Å². The number of pyridine rings is 1. The average molecular weight is 424 g/mol. The number of aromatic nitrogens is 1. The van der Waals surface area contributed by atoms with Crippen LogP contribution in [0.25, 0.3) is 0 Å². The molecule has 1 aromatic heterocycles. The molecule has 2 aromatic rings. The first kappa shape index (κ1) is 21.2. The molecule has 7 nitrogen and oxygen atoms in total. The van der Waals surface area contributed by atoms with Crippen LogP contribution in [0.1, 0.15) is 37.7 Å². The molecule has 0 spiro atoms. The number of methoxy groups -OCH3 is 1. The summed E-state index contributed by atoms with van der Waals surface area (Å²) in [7, 11) is 1.65. The van der Waals surface area contributed by atoms with Gasteiger partial charge in [0, 0.05) is 44.3 Å². The largest absolute Gasteiger partial charge is 0.497 e. The summed E-state index contributed by atoms with van der Waals surface area (Å²) in [6.45, 7) is 1.38. The summed E-state index contributed by atoms with van der Waals surface area (Å²) >= 11 is 0. The predicted molar refractivity (Wildman–Crippen MR) is 117 cm³/mol. The highest BCUT2D eigenvalue weighted by molar-refractivity contribution is 5.93. The molecule has 164 valence electrons. The minimum Gasteiger partial charge on any atom is -0.497 e. The van der Waals surface area contributed by atoms with Crippen molar-refractivity contribution >= 4 is 17.5 Å². The number of carbonyl (C=O) groups is 2. The summed E-state index contributed by atoms with van der Waals surface area (Å²) in [6.07, 6.45) is 6.40. The first-order valence-electron chi connectivity index (χ1n) is 10.9. The number of carbonyl (C=O) groups excluding carboxylic acids is 2. The summed E-state index contributed by atoms with van der Waals surface area (Å²) < 4.78 is 11.2. The summed E-state index contributed by atoms with van der Waals surface area (Å²) in [4.78, 5) is 30.6. The molecule has 0 radical (unpaired) electrons. The Morgan fingerprint density at radius 1 is 1.13 bits per heavy atom. The van der Waals surface area contributed by atoms with Gasteiger partial charge in [-0.15, -0.1) is 0 Å². The second-order valence-corrected chi connectivity index (χ2v) is 8.20. The van der Waals surface area contributed by atoms with Crippen LogP contribution < -0.4 is 14.8 Å². The molecule has 1 saturated carbocycles. The SMILES string of the molecule is COc1cccc(CCC(=O)N2CCC(Oc3ccc(NC(=O)C4CC4)cn3)CC2)c1. The van der Waals surface area contributed by atoms with Crippen molar-refractivity contribution in [1.82, 2.24) is 9.88 Å². The lowest BCUT2D eigenvalue weighted by Crippen LogP contribution is -2.41. The van der Waals surface area contributed by atoms with Gasteiger partial charge in [0.15, 0.2) is 0 Å². The van der Waals surface area contributed by atoms with Gasteiger partial charge < -0.3 is 19.7 Å². The number of piperidine rings is 1. The van der Waals surface area contributed by atoms with Crippen molar-refractivity contribution in [3.05, 3.63) is 48.2 Å². The molecule has 2 heterocycles. The first-order valence-corrected chi connectivity index (χ1v) is 10.9. The third kappa shape index (κ3) is 5.96. The first-order chi connectivity index (χ1) is 15.1. The molecular formula is C24H29N3O4. The van der Waals surface area contributed by atoms with Crippen LogP contribution in [0.4, 0.5) is 5.69 Å². The van der Waals surface area contributed by atoms with E-state index in [-0.39, 0.29) is 23.8 Å². The number of anilines is 1. The third-order valence-corrected chi connectivity index (χ3v) is 5.80. The molecule has 2 aliphatic rings. The molecule has 1 aliphatic heterocycles. The van der Waals surface area contributed by atoms with Gasteiger partial charge in [0.05, 0.1) is 19.0 Å². The Hall–Kier alpha value is -3.09. The molecule has 2 amide bonds. The third-order valence-electron chi connectivity index (χ3n) is 5.80. The molecule has 1 aromatic carbocycles. The normalized spacial score (nSPS) is 16.6. The number of hydrogen-bond acceptors (Lipinski definition) is 5. The molecule has 0 atom stereocenters. The van der Waals surface area contributed by atoms with Crippen LogP contribution in [0, 0.1) is 5.92 Å². The molecule has 31 heavy (non-hydrogen) atoms. The van der Waals surface area contributed by atoms with Crippen LogP contribution in [0.15, 0.2) is 42.6 Å². The van der Waals surface area contributed by atoms with E-state index in [1.807, 2.05) is 35.2 Å². The van der Waals surface area contributed by atoms with Crippen molar-refractivity contribution in [3.63, 3.8) is 0 Å². The number of rotatable bonds is 8. The fraction of sp³-hybridized carbons (Fsp3) is 0.458. The van der Waals surface area contributed by atoms with Gasteiger partial charge in [-0.1, -0.05) is 12.1 Å². The van der Waals surface area contributed by atoms with Gasteiger partial charge in [-0.25, -0.2) is 4.98 Å². The lowest BCUT2D eigenvalue weighted by atomic mass is 10.1. The van der Waals surface area contributed by atoms with E-state index in [1.54, 1.807) is 19.4 Å². The van der Waals surface area contributed by atoms with Gasteiger partial charge in [0.2, 0.25) is 17.7 Å². The van der Waals surface area contributed by atoms with E-state index >= 15 is 0 Å². The van der Waals surface area contributed by atoms with E-state index < -0.39 is 0 Å². The highest BCUT2D eigenvalue weighted by Crippen LogP contribution is 2.30. The molecule has 0 unspecified atom stereocenters. The van der Waals surface area contributed by atoms with E-state index in [0.717, 1.165) is 37.0 Å². The lowest BCUT2D eigenvalue weighted by molar-refractivity contribution is -0.133. The summed E-state index contributed by atoms with van der Waals surface area (Å²) in [5.41, 5.74) is 1.80. The number of nitrogens with zero attached hydrogens (tertiary/aromatic N) is 2. The number of ether oxygens (including phenoxy) is 2. The molecule has 1 N–H and O–H groups in total. The predicted octanol–water partition coefficient (Wildman–Crippen LogP) is 3.44. The molecule has 1 aliphatic carbocycles. The Bertz CT molecular complexity index is 903. The van der Waals surface area contributed by atoms with Crippen LogP contribution in [-0.2, 0) is 16.0 Å². The topological polar surface area (TPSA) is 80.8 Å². The van der Waals surface area contributed by atoms with E-state index in [0.29, 0.717) is 37.5 Å². The summed E-state index contributed by atoms with van der Waals surface area (Å²) in [6, 6.07) is 11.5. The van der Waals surface area contributed by atoms with Crippen LogP contribution in [-0.4, -0.2) is 48.0 Å². The minimum atomic E-state index is 0.0434. The van der Waals surface area contributed by atoms with Gasteiger partial charge >= 0.3 is 0 Å². The Labute approximate surface area is 182 Å². The number of likely N-dealkylation sites (tertiary alicyclic amines) is 1. The second-order valence-electron chi connectivity index (χ2n) is 8.20. The van der Waals surface area contributed by atoms with Crippen LogP contribution >= 0.6 is 0 Å². The standard InChI is InChI=1S/C24H29N3O4/c1-30-21-4-2-3-17(15-21)5-10-23(28)27-13-11-20(12-14-27)31-22-9-8-19(16-25-22)26-24(29)18-6-7-18/h2-4,8-9,15-16,18,20H,5-7,10-14H2,1H3,(H,26,29). The van der Waals surface area contributed by atoms with Crippen molar-refractivity contribution in [2.24, 2.45) is 5.92 Å². The Balaban J connectivity index is 1.19. The highest BCUT2D eigenvalue weighted by atomic mass is 16.5. The molecular weight excluding hydrogens is 394 g/mol. The van der Waals surface area contributed by atoms with Crippen molar-refractivity contribution in [2.45, 2.75) is 44.6 Å². The van der Waals surface area contributed by atoms with E-state index in [2.05, 4.69) is 10.3 Å². The Morgan fingerprint density at radius 2 is 1.94 bits per heavy atom. The zero-order valence-electron chi connectivity index (χ0n) is 17.9. The van der Waals surface area contributed by atoms with Gasteiger partial charge in [-0.2, -0.15) is 0 Å². The lowest BCUT2D eigenvalue weighted by Gasteiger charge is -2.32. The number of aryl methyl sites for hydroxylation is 1. The number of benzene rings is 1. The highest BCUT2D eigenvalue weighted by Gasteiger charge is 2.29. The number of nitrogens with one attached hydrogen (secondary N) is 1. The fourth-order valence-corrected chi connectivity index (χ4v) is 3.74. The maximum absolute atomic E-state index is 12.6. The maximum atomic E-state index is 12.6. The van der Waals surface area contributed by atoms with Crippen molar-refractivity contribution in [3.8, 4) is 11.6 Å². The quantitative estimate of drug-likeness (QED) is 0.704. The van der Waals surface area contributed by atoms with E-state index in [9.17, 15) is 9.59 Å². The van der Waals surface area contributed by atoms with Gasteiger partial charge in [0.25, 0.3) is 0 Å². The van der Waals surface area contributed by atoms with E-state index in [4.69, 9.17) is 9.47 Å². The van der Waals surface area contributed by atoms with E-state index in [1.165, 1.54) is 0 Å². The Morgan fingerprint density at radius 3 is 2.61 bits per heavy atom. The maximum Gasteiger partial charge on any atom is 0.227 e. The molecule has 7 heteroatoms. The Kier molecular flexibility index (Phi) is 6.70. The zero-order valence-corrected chi connectivity index (χ0v) is 17.9. The van der Waals surface area contributed by atoms with Crippen LogP contribution in [0.3, 0.4) is 0 Å². The number of hydrogen-bond donors (Lipinski definition) is 1. The summed E-state index contributed by atoms with van der Waals surface area (Å²) in [5.74, 6) is 1.77. The molecule has 1 saturated heterocycles. The monoisotopic (exact) mass is 423 g/mol. The smallest absolute Gasteiger partial charge is 0.227 e.